The van der Waals surface area contributed by atoms with Crippen LogP contribution in [0.5, 0.6) is 0 Å². The minimum atomic E-state index is -0.806. The van der Waals surface area contributed by atoms with Crippen molar-refractivity contribution in [2.75, 3.05) is 0 Å². The van der Waals surface area contributed by atoms with Crippen LogP contribution in [-0.4, -0.2) is 29.9 Å². The van der Waals surface area contributed by atoms with E-state index in [2.05, 4.69) is 27.7 Å². The van der Waals surface area contributed by atoms with E-state index in [4.69, 9.17) is 24.0 Å². The highest BCUT2D eigenvalue weighted by Gasteiger charge is 2.69. The van der Waals surface area contributed by atoms with Gasteiger partial charge in [0.1, 0.15) is 0 Å². The Kier molecular flexibility index (Phi) is 6.02. The number of carbonyl (C=O) groups is 1. The third-order valence-electron chi connectivity index (χ3n) is 7.94. The first-order valence-electron chi connectivity index (χ1n) is 11.7. The Hall–Kier alpha value is -0.690. The molecule has 1 spiro atoms. The molecular weight excluding hydrogens is 372 g/mol. The van der Waals surface area contributed by atoms with Crippen molar-refractivity contribution in [3.8, 4) is 0 Å². The fourth-order valence-corrected chi connectivity index (χ4v) is 6.29. The number of hydrogen-bond acceptors (Lipinski definition) is 6. The molecule has 5 rings (SSSR count). The molecule has 2 bridgehead atoms. The molecule has 0 aromatic rings. The maximum Gasteiger partial charge on any atom is 0.311 e. The molecule has 1 aliphatic carbocycles. The molecule has 3 unspecified atom stereocenters. The molecule has 4 heterocycles. The Morgan fingerprint density at radius 2 is 1.79 bits per heavy atom. The molecule has 0 radical (unpaired) electrons. The fraction of sp³-hybridized carbons (Fsp3) is 0.957. The molecule has 4 aliphatic heterocycles. The van der Waals surface area contributed by atoms with Crippen LogP contribution in [0.25, 0.3) is 0 Å². The zero-order valence-electron chi connectivity index (χ0n) is 18.6. The van der Waals surface area contributed by atoms with E-state index in [9.17, 15) is 4.79 Å². The molecule has 6 heteroatoms. The first kappa shape index (κ1) is 21.5. The van der Waals surface area contributed by atoms with E-state index in [0.29, 0.717) is 11.8 Å². The van der Waals surface area contributed by atoms with Crippen molar-refractivity contribution in [1.82, 2.24) is 0 Å². The number of esters is 1. The van der Waals surface area contributed by atoms with E-state index < -0.39 is 24.0 Å². The molecule has 0 N–H and O–H groups in total. The molecule has 1 saturated carbocycles. The lowest BCUT2D eigenvalue weighted by Crippen LogP contribution is -2.70. The van der Waals surface area contributed by atoms with Gasteiger partial charge in [-0.3, -0.25) is 4.79 Å². The first-order valence-corrected chi connectivity index (χ1v) is 11.7. The summed E-state index contributed by atoms with van der Waals surface area (Å²) in [6, 6.07) is 0. The Balaban J connectivity index is 1.58. The van der Waals surface area contributed by atoms with Crippen LogP contribution in [-0.2, 0) is 28.8 Å². The smallest absolute Gasteiger partial charge is 0.311 e. The third kappa shape index (κ3) is 3.54. The number of hydrogen-bond donors (Lipinski definition) is 0. The predicted octanol–water partition coefficient (Wildman–Crippen LogP) is 4.95. The first-order chi connectivity index (χ1) is 13.8. The number of fused-ring (bicyclic) bond motifs is 2. The zero-order chi connectivity index (χ0) is 20.8. The minimum Gasteiger partial charge on any atom is -0.435 e. The summed E-state index contributed by atoms with van der Waals surface area (Å²) in [6.45, 7) is 10.6. The lowest BCUT2D eigenvalue weighted by Gasteiger charge is -2.60. The average molecular weight is 411 g/mol. The molecule has 0 aromatic heterocycles. The van der Waals surface area contributed by atoms with Gasteiger partial charge < -0.3 is 14.2 Å². The van der Waals surface area contributed by atoms with Gasteiger partial charge in [-0.1, -0.05) is 40.5 Å². The van der Waals surface area contributed by atoms with Gasteiger partial charge in [0.2, 0.25) is 12.1 Å². The lowest BCUT2D eigenvalue weighted by atomic mass is 9.58. The van der Waals surface area contributed by atoms with Crippen LogP contribution < -0.4 is 0 Å². The second kappa shape index (κ2) is 8.10. The molecule has 4 saturated heterocycles. The van der Waals surface area contributed by atoms with Crippen LogP contribution >= 0.6 is 0 Å². The summed E-state index contributed by atoms with van der Waals surface area (Å²) < 4.78 is 18.7. The van der Waals surface area contributed by atoms with Gasteiger partial charge >= 0.3 is 5.97 Å². The summed E-state index contributed by atoms with van der Waals surface area (Å²) in [5.41, 5.74) is -0.609. The van der Waals surface area contributed by atoms with Gasteiger partial charge in [-0.05, 0) is 50.9 Å². The molecule has 5 fully saturated rings. The second-order valence-electron chi connectivity index (χ2n) is 9.98. The van der Waals surface area contributed by atoms with Crippen LogP contribution in [0.4, 0.5) is 0 Å². The normalized spacial score (nSPS) is 46.3. The molecule has 5 aliphatic rings. The van der Waals surface area contributed by atoms with Gasteiger partial charge in [0.25, 0.3) is 0 Å². The predicted molar refractivity (Wildman–Crippen MR) is 106 cm³/mol. The average Bonchev–Trinajstić information content (AvgIpc) is 2.91. The Morgan fingerprint density at radius 3 is 2.48 bits per heavy atom. The summed E-state index contributed by atoms with van der Waals surface area (Å²) in [6.07, 6.45) is 6.43. The summed E-state index contributed by atoms with van der Waals surface area (Å²) >= 11 is 0. The molecule has 6 nitrogen and oxygen atoms in total. The van der Waals surface area contributed by atoms with Crippen LogP contribution in [0, 0.1) is 29.6 Å². The SMILES string of the molecule is CCCC(CCC)C(=O)OC1O[C@@H]2OC3(C)CC[C@H]4[C@H](C)CCC([C@H]1C)[C@@]24OO3. The van der Waals surface area contributed by atoms with E-state index in [-0.39, 0.29) is 23.7 Å². The van der Waals surface area contributed by atoms with E-state index in [1.807, 2.05) is 6.92 Å². The molecular formula is C23H38O6. The van der Waals surface area contributed by atoms with Gasteiger partial charge in [0.15, 0.2) is 11.9 Å². The highest BCUT2D eigenvalue weighted by molar-refractivity contribution is 5.72. The van der Waals surface area contributed by atoms with Crippen molar-refractivity contribution in [2.24, 2.45) is 29.6 Å². The van der Waals surface area contributed by atoms with Crippen LogP contribution in [0.1, 0.15) is 86.0 Å². The van der Waals surface area contributed by atoms with Gasteiger partial charge in [-0.2, -0.15) is 0 Å². The Morgan fingerprint density at radius 1 is 1.07 bits per heavy atom. The Bertz CT molecular complexity index is 604. The molecule has 166 valence electrons. The summed E-state index contributed by atoms with van der Waals surface area (Å²) in [5.74, 6) is 0.0586. The number of rotatable bonds is 6. The van der Waals surface area contributed by atoms with Crippen molar-refractivity contribution in [3.63, 3.8) is 0 Å². The molecule has 0 amide bonds. The van der Waals surface area contributed by atoms with Crippen molar-refractivity contribution >= 4 is 5.97 Å². The fourth-order valence-electron chi connectivity index (χ4n) is 6.29. The summed E-state index contributed by atoms with van der Waals surface area (Å²) in [4.78, 5) is 24.9. The maximum absolute atomic E-state index is 12.9. The van der Waals surface area contributed by atoms with Gasteiger partial charge in [0.05, 0.1) is 5.92 Å². The topological polar surface area (TPSA) is 63.2 Å². The monoisotopic (exact) mass is 410 g/mol. The van der Waals surface area contributed by atoms with Gasteiger partial charge in [-0.25, -0.2) is 9.78 Å². The highest BCUT2D eigenvalue weighted by atomic mass is 17.3. The quantitative estimate of drug-likeness (QED) is 0.456. The van der Waals surface area contributed by atoms with E-state index in [0.717, 1.165) is 51.4 Å². The maximum atomic E-state index is 12.9. The zero-order valence-corrected chi connectivity index (χ0v) is 18.6. The Labute approximate surface area is 174 Å². The second-order valence-corrected chi connectivity index (χ2v) is 9.98. The van der Waals surface area contributed by atoms with Gasteiger partial charge in [0, 0.05) is 18.3 Å². The standard InChI is InChI=1S/C23H38O6/c1-6-8-16(9-7-2)19(24)25-20-15(4)18-11-10-14(3)17-12-13-22(5)27-21(26-20)23(17,18)29-28-22/h14-18,20-21H,6-13H2,1-5H3/t14-,15-,17+,18?,20?,21-,22?,23-/m1/s1. The van der Waals surface area contributed by atoms with E-state index in [1.165, 1.54) is 0 Å². The summed E-state index contributed by atoms with van der Waals surface area (Å²) in [7, 11) is 0. The largest absolute Gasteiger partial charge is 0.435 e. The lowest BCUT2D eigenvalue weighted by molar-refractivity contribution is -0.576. The van der Waals surface area contributed by atoms with Crippen molar-refractivity contribution in [2.45, 2.75) is 110 Å². The van der Waals surface area contributed by atoms with Crippen molar-refractivity contribution in [1.29, 1.82) is 0 Å². The van der Waals surface area contributed by atoms with Gasteiger partial charge in [-0.15, -0.1) is 0 Å². The highest BCUT2D eigenvalue weighted by Crippen LogP contribution is 2.60. The third-order valence-corrected chi connectivity index (χ3v) is 7.94. The van der Waals surface area contributed by atoms with Crippen molar-refractivity contribution < 1.29 is 28.8 Å². The number of ether oxygens (including phenoxy) is 3. The molecule has 29 heavy (non-hydrogen) atoms. The van der Waals surface area contributed by atoms with Crippen LogP contribution in [0.15, 0.2) is 0 Å². The van der Waals surface area contributed by atoms with E-state index >= 15 is 0 Å². The molecule has 8 atom stereocenters. The van der Waals surface area contributed by atoms with Crippen LogP contribution in [0.3, 0.4) is 0 Å². The summed E-state index contributed by atoms with van der Waals surface area (Å²) in [5, 5.41) is 0. The van der Waals surface area contributed by atoms with Crippen molar-refractivity contribution in [3.05, 3.63) is 0 Å². The van der Waals surface area contributed by atoms with E-state index in [1.54, 1.807) is 0 Å². The van der Waals surface area contributed by atoms with Crippen LogP contribution in [0.2, 0.25) is 0 Å². The molecule has 0 aromatic carbocycles. The minimum absolute atomic E-state index is 0.0313. The number of carbonyl (C=O) groups excluding carboxylic acids is 1.